The molecule has 0 bridgehead atoms. The van der Waals surface area contributed by atoms with Crippen LogP contribution in [-0.4, -0.2) is 29.1 Å². The Hall–Kier alpha value is -1.55. The Balaban J connectivity index is 2.05. The molecule has 3 N–H and O–H groups in total. The first-order chi connectivity index (χ1) is 10.1. The minimum atomic E-state index is -0.929. The molecular weight excluding hydrogens is 264 g/mol. The van der Waals surface area contributed by atoms with Crippen LogP contribution in [0.4, 0.5) is 5.69 Å². The average molecular weight is 290 g/mol. The fourth-order valence-corrected chi connectivity index (χ4v) is 3.33. The fourth-order valence-electron chi connectivity index (χ4n) is 3.33. The second kappa shape index (κ2) is 7.46. The van der Waals surface area contributed by atoms with E-state index in [2.05, 4.69) is 11.8 Å². The van der Waals surface area contributed by atoms with E-state index >= 15 is 0 Å². The van der Waals surface area contributed by atoms with Crippen molar-refractivity contribution >= 4 is 11.7 Å². The molecule has 1 aromatic carbocycles. The molecule has 21 heavy (non-hydrogen) atoms. The number of nitrogens with two attached hydrogens (primary N) is 1. The summed E-state index contributed by atoms with van der Waals surface area (Å²) in [5.41, 5.74) is 7.28. The number of hydrogen-bond donors (Lipinski definition) is 2. The van der Waals surface area contributed by atoms with Crippen LogP contribution >= 0.6 is 0 Å². The van der Waals surface area contributed by atoms with Crippen molar-refractivity contribution in [1.29, 1.82) is 0 Å². The summed E-state index contributed by atoms with van der Waals surface area (Å²) in [4.78, 5) is 13.8. The molecular formula is C17H26N2O2. The summed E-state index contributed by atoms with van der Waals surface area (Å²) in [7, 11) is 0. The molecule has 1 heterocycles. The number of carboxylic acid groups (broad SMARTS) is 1. The monoisotopic (exact) mass is 290 g/mol. The lowest BCUT2D eigenvalue weighted by Gasteiger charge is -2.21. The van der Waals surface area contributed by atoms with Gasteiger partial charge in [0.1, 0.15) is 0 Å². The van der Waals surface area contributed by atoms with Crippen LogP contribution in [0.5, 0.6) is 0 Å². The molecule has 4 nitrogen and oxygen atoms in total. The summed E-state index contributed by atoms with van der Waals surface area (Å²) in [5, 5.41) is 9.35. The maximum Gasteiger partial charge on any atom is 0.338 e. The lowest BCUT2D eigenvalue weighted by Crippen LogP contribution is -2.25. The number of carbonyl (C=O) groups is 1. The van der Waals surface area contributed by atoms with Gasteiger partial charge in [0.05, 0.1) is 5.56 Å². The van der Waals surface area contributed by atoms with Crippen molar-refractivity contribution in [2.24, 2.45) is 5.92 Å². The maximum absolute atomic E-state index is 11.4. The van der Waals surface area contributed by atoms with Gasteiger partial charge in [0, 0.05) is 12.2 Å². The second-order valence-electron chi connectivity index (χ2n) is 6.05. The number of carboxylic acids is 1. The van der Waals surface area contributed by atoms with E-state index in [1.165, 1.54) is 32.1 Å². The predicted molar refractivity (Wildman–Crippen MR) is 85.3 cm³/mol. The number of rotatable bonds is 5. The number of aromatic carboxylic acids is 1. The molecule has 1 fully saturated rings. The minimum absolute atomic E-state index is 0.270. The van der Waals surface area contributed by atoms with Gasteiger partial charge in [0.15, 0.2) is 0 Å². The highest BCUT2D eigenvalue weighted by Crippen LogP contribution is 2.24. The number of likely N-dealkylation sites (tertiary alicyclic amines) is 1. The lowest BCUT2D eigenvalue weighted by molar-refractivity contribution is 0.0695. The zero-order valence-electron chi connectivity index (χ0n) is 12.8. The molecule has 1 aromatic rings. The Labute approximate surface area is 126 Å². The summed E-state index contributed by atoms with van der Waals surface area (Å²) in [6, 6.07) is 5.38. The molecule has 1 saturated heterocycles. The van der Waals surface area contributed by atoms with Crippen LogP contribution in [0.1, 0.15) is 54.9 Å². The van der Waals surface area contributed by atoms with Gasteiger partial charge in [-0.25, -0.2) is 4.79 Å². The number of benzene rings is 1. The normalized spacial score (nSPS) is 20.1. The van der Waals surface area contributed by atoms with Gasteiger partial charge >= 0.3 is 5.97 Å². The summed E-state index contributed by atoms with van der Waals surface area (Å²) < 4.78 is 0. The molecule has 0 aliphatic carbocycles. The standard InChI is InChI=1S/C17H26N2O2/c1-2-5-13-6-4-10-19(11-9-13)12-14-7-3-8-15(18)16(14)17(20)21/h3,7-8,13H,2,4-6,9-12,18H2,1H3,(H,20,21). The third-order valence-electron chi connectivity index (χ3n) is 4.43. The Kier molecular flexibility index (Phi) is 5.62. The zero-order valence-corrected chi connectivity index (χ0v) is 12.8. The molecule has 0 spiro atoms. The first-order valence-electron chi connectivity index (χ1n) is 7.94. The third-order valence-corrected chi connectivity index (χ3v) is 4.43. The van der Waals surface area contributed by atoms with Crippen LogP contribution in [0.2, 0.25) is 0 Å². The van der Waals surface area contributed by atoms with Crippen LogP contribution < -0.4 is 5.73 Å². The van der Waals surface area contributed by atoms with Crippen LogP contribution in [0.15, 0.2) is 18.2 Å². The van der Waals surface area contributed by atoms with Crippen LogP contribution in [0.25, 0.3) is 0 Å². The molecule has 1 unspecified atom stereocenters. The molecule has 116 valence electrons. The topological polar surface area (TPSA) is 66.6 Å². The van der Waals surface area contributed by atoms with Gasteiger partial charge in [-0.1, -0.05) is 31.9 Å². The first-order valence-corrected chi connectivity index (χ1v) is 7.94. The van der Waals surface area contributed by atoms with E-state index in [0.29, 0.717) is 12.2 Å². The van der Waals surface area contributed by atoms with Crippen molar-refractivity contribution < 1.29 is 9.90 Å². The van der Waals surface area contributed by atoms with Gasteiger partial charge in [0.25, 0.3) is 0 Å². The molecule has 0 amide bonds. The summed E-state index contributed by atoms with van der Waals surface area (Å²) in [6.45, 7) is 5.03. The van der Waals surface area contributed by atoms with E-state index in [9.17, 15) is 9.90 Å². The van der Waals surface area contributed by atoms with E-state index in [4.69, 9.17) is 5.73 Å². The number of anilines is 1. The molecule has 0 saturated carbocycles. The van der Waals surface area contributed by atoms with Crippen LogP contribution in [0.3, 0.4) is 0 Å². The number of nitrogen functional groups attached to an aromatic ring is 1. The van der Waals surface area contributed by atoms with Gasteiger partial charge in [-0.15, -0.1) is 0 Å². The highest BCUT2D eigenvalue weighted by Gasteiger charge is 2.19. The van der Waals surface area contributed by atoms with Crippen molar-refractivity contribution in [2.45, 2.75) is 45.6 Å². The van der Waals surface area contributed by atoms with E-state index in [1.807, 2.05) is 12.1 Å². The van der Waals surface area contributed by atoms with Crippen LogP contribution in [-0.2, 0) is 6.54 Å². The summed E-state index contributed by atoms with van der Waals surface area (Å²) in [5.74, 6) is -0.0958. The third kappa shape index (κ3) is 4.21. The van der Waals surface area contributed by atoms with Crippen molar-refractivity contribution in [3.05, 3.63) is 29.3 Å². The minimum Gasteiger partial charge on any atom is -0.478 e. The highest BCUT2D eigenvalue weighted by atomic mass is 16.4. The smallest absolute Gasteiger partial charge is 0.338 e. The van der Waals surface area contributed by atoms with Crippen molar-refractivity contribution in [2.75, 3.05) is 18.8 Å². The molecule has 2 rings (SSSR count). The van der Waals surface area contributed by atoms with Gasteiger partial charge < -0.3 is 10.8 Å². The summed E-state index contributed by atoms with van der Waals surface area (Å²) in [6.07, 6.45) is 6.29. The summed E-state index contributed by atoms with van der Waals surface area (Å²) >= 11 is 0. The van der Waals surface area contributed by atoms with Gasteiger partial charge in [-0.2, -0.15) is 0 Å². The Bertz CT molecular complexity index is 488. The van der Waals surface area contributed by atoms with E-state index in [-0.39, 0.29) is 5.56 Å². The van der Waals surface area contributed by atoms with Gasteiger partial charge in [-0.3, -0.25) is 4.90 Å². The molecule has 1 aliphatic heterocycles. The Morgan fingerprint density at radius 2 is 2.19 bits per heavy atom. The lowest BCUT2D eigenvalue weighted by atomic mass is 9.96. The van der Waals surface area contributed by atoms with E-state index < -0.39 is 5.97 Å². The van der Waals surface area contributed by atoms with Crippen molar-refractivity contribution in [3.8, 4) is 0 Å². The second-order valence-corrected chi connectivity index (χ2v) is 6.05. The Morgan fingerprint density at radius 1 is 1.38 bits per heavy atom. The zero-order chi connectivity index (χ0) is 15.2. The highest BCUT2D eigenvalue weighted by molar-refractivity contribution is 5.95. The van der Waals surface area contributed by atoms with Crippen molar-refractivity contribution in [1.82, 2.24) is 4.90 Å². The average Bonchev–Trinajstić information content (AvgIpc) is 2.65. The molecule has 1 aliphatic rings. The first kappa shape index (κ1) is 15.8. The quantitative estimate of drug-likeness (QED) is 0.816. The van der Waals surface area contributed by atoms with E-state index in [0.717, 1.165) is 24.6 Å². The SMILES string of the molecule is CCCC1CCCN(Cc2cccc(N)c2C(=O)O)CC1. The van der Waals surface area contributed by atoms with Gasteiger partial charge in [0.2, 0.25) is 0 Å². The number of nitrogens with zero attached hydrogens (tertiary/aromatic N) is 1. The molecule has 1 atom stereocenters. The maximum atomic E-state index is 11.4. The Morgan fingerprint density at radius 3 is 2.90 bits per heavy atom. The van der Waals surface area contributed by atoms with E-state index in [1.54, 1.807) is 6.07 Å². The van der Waals surface area contributed by atoms with Crippen molar-refractivity contribution in [3.63, 3.8) is 0 Å². The van der Waals surface area contributed by atoms with Crippen LogP contribution in [0, 0.1) is 5.92 Å². The predicted octanol–water partition coefficient (Wildman–Crippen LogP) is 3.37. The fraction of sp³-hybridized carbons (Fsp3) is 0.588. The largest absolute Gasteiger partial charge is 0.478 e. The molecule has 0 aromatic heterocycles. The molecule has 0 radical (unpaired) electrons. The van der Waals surface area contributed by atoms with Gasteiger partial charge in [-0.05, 0) is 49.9 Å². The molecule has 4 heteroatoms. The number of hydrogen-bond acceptors (Lipinski definition) is 3.